The summed E-state index contributed by atoms with van der Waals surface area (Å²) in [7, 11) is 1.61. The molecule has 0 aromatic heterocycles. The van der Waals surface area contributed by atoms with Gasteiger partial charge in [0.15, 0.2) is 0 Å². The number of methoxy groups -OCH3 is 1. The van der Waals surface area contributed by atoms with Gasteiger partial charge in [-0.3, -0.25) is 9.59 Å². The van der Waals surface area contributed by atoms with Crippen molar-refractivity contribution in [2.45, 2.75) is 34.1 Å². The predicted octanol–water partition coefficient (Wildman–Crippen LogP) is 2.42. The number of rotatable bonds is 7. The van der Waals surface area contributed by atoms with Crippen LogP contribution < -0.4 is 10.6 Å². The zero-order valence-electron chi connectivity index (χ0n) is 14.1. The number of amides is 2. The van der Waals surface area contributed by atoms with Crippen LogP contribution in [0.15, 0.2) is 18.2 Å². The summed E-state index contributed by atoms with van der Waals surface area (Å²) < 4.78 is 4.93. The molecule has 0 heterocycles. The standard InChI is InChI=1S/C17H26N2O3/c1-12-9-13(2)11-14(10-12)19-16(21)17(3,4)15(20)18-7-6-8-22-5/h9-11H,6-8H2,1-5H3,(H,18,20)(H,19,21). The van der Waals surface area contributed by atoms with Crippen LogP contribution in [0.25, 0.3) is 0 Å². The monoisotopic (exact) mass is 306 g/mol. The summed E-state index contributed by atoms with van der Waals surface area (Å²) in [5.74, 6) is -0.604. The average Bonchev–Trinajstić information content (AvgIpc) is 2.42. The first kappa shape index (κ1) is 18.2. The molecule has 0 radical (unpaired) electrons. The quantitative estimate of drug-likeness (QED) is 0.600. The molecule has 122 valence electrons. The lowest BCUT2D eigenvalue weighted by Gasteiger charge is -2.23. The van der Waals surface area contributed by atoms with E-state index in [0.29, 0.717) is 18.8 Å². The summed E-state index contributed by atoms with van der Waals surface area (Å²) in [5.41, 5.74) is 1.71. The molecule has 1 aromatic carbocycles. The van der Waals surface area contributed by atoms with Crippen LogP contribution in [0.4, 0.5) is 5.69 Å². The molecule has 0 aliphatic carbocycles. The maximum Gasteiger partial charge on any atom is 0.239 e. The van der Waals surface area contributed by atoms with Crippen molar-refractivity contribution >= 4 is 17.5 Å². The number of carbonyl (C=O) groups excluding carboxylic acids is 2. The zero-order chi connectivity index (χ0) is 16.8. The van der Waals surface area contributed by atoms with Gasteiger partial charge in [-0.05, 0) is 57.4 Å². The minimum Gasteiger partial charge on any atom is -0.385 e. The van der Waals surface area contributed by atoms with Gasteiger partial charge in [0.25, 0.3) is 0 Å². The zero-order valence-corrected chi connectivity index (χ0v) is 14.1. The van der Waals surface area contributed by atoms with Gasteiger partial charge in [-0.2, -0.15) is 0 Å². The van der Waals surface area contributed by atoms with Crippen LogP contribution in [-0.4, -0.2) is 32.1 Å². The molecule has 0 unspecified atom stereocenters. The van der Waals surface area contributed by atoms with Crippen molar-refractivity contribution in [2.24, 2.45) is 5.41 Å². The predicted molar refractivity (Wildman–Crippen MR) is 87.8 cm³/mol. The number of hydrogen-bond acceptors (Lipinski definition) is 3. The Morgan fingerprint density at radius 2 is 1.68 bits per heavy atom. The van der Waals surface area contributed by atoms with E-state index < -0.39 is 5.41 Å². The normalized spacial score (nSPS) is 11.1. The minimum absolute atomic E-state index is 0.287. The van der Waals surface area contributed by atoms with E-state index in [1.807, 2.05) is 32.0 Å². The Balaban J connectivity index is 2.67. The molecule has 0 aliphatic rings. The second-order valence-corrected chi connectivity index (χ2v) is 6.06. The number of anilines is 1. The van der Waals surface area contributed by atoms with Gasteiger partial charge in [0.05, 0.1) is 0 Å². The van der Waals surface area contributed by atoms with Crippen LogP contribution in [0.1, 0.15) is 31.4 Å². The fraction of sp³-hybridized carbons (Fsp3) is 0.529. The molecular weight excluding hydrogens is 280 g/mol. The minimum atomic E-state index is -1.13. The van der Waals surface area contributed by atoms with E-state index in [1.165, 1.54) is 0 Å². The van der Waals surface area contributed by atoms with E-state index in [0.717, 1.165) is 17.5 Å². The van der Waals surface area contributed by atoms with Gasteiger partial charge in [0, 0.05) is 25.9 Å². The fourth-order valence-corrected chi connectivity index (χ4v) is 2.08. The number of benzene rings is 1. The Morgan fingerprint density at radius 1 is 1.09 bits per heavy atom. The molecule has 1 aromatic rings. The number of carbonyl (C=O) groups is 2. The Labute approximate surface area is 132 Å². The van der Waals surface area contributed by atoms with Gasteiger partial charge in [0.2, 0.25) is 11.8 Å². The summed E-state index contributed by atoms with van der Waals surface area (Å²) in [6.07, 6.45) is 0.719. The van der Waals surface area contributed by atoms with Crippen molar-refractivity contribution in [3.63, 3.8) is 0 Å². The lowest BCUT2D eigenvalue weighted by atomic mass is 9.90. The third-order valence-electron chi connectivity index (χ3n) is 3.43. The van der Waals surface area contributed by atoms with Gasteiger partial charge < -0.3 is 15.4 Å². The van der Waals surface area contributed by atoms with Crippen molar-refractivity contribution in [3.8, 4) is 0 Å². The molecule has 2 N–H and O–H groups in total. The van der Waals surface area contributed by atoms with Gasteiger partial charge >= 0.3 is 0 Å². The van der Waals surface area contributed by atoms with Crippen LogP contribution in [-0.2, 0) is 14.3 Å². The molecule has 5 nitrogen and oxygen atoms in total. The molecule has 0 aliphatic heterocycles. The highest BCUT2D eigenvalue weighted by atomic mass is 16.5. The molecular formula is C17H26N2O3. The first-order chi connectivity index (χ1) is 10.3. The van der Waals surface area contributed by atoms with Crippen LogP contribution >= 0.6 is 0 Å². The molecule has 0 saturated carbocycles. The summed E-state index contributed by atoms with van der Waals surface area (Å²) in [6.45, 7) is 8.25. The molecule has 0 spiro atoms. The highest BCUT2D eigenvalue weighted by Crippen LogP contribution is 2.20. The summed E-state index contributed by atoms with van der Waals surface area (Å²) >= 11 is 0. The first-order valence-corrected chi connectivity index (χ1v) is 7.44. The van der Waals surface area contributed by atoms with Gasteiger partial charge in [-0.25, -0.2) is 0 Å². The van der Waals surface area contributed by atoms with E-state index in [2.05, 4.69) is 10.6 Å². The van der Waals surface area contributed by atoms with Gasteiger partial charge in [0.1, 0.15) is 5.41 Å². The van der Waals surface area contributed by atoms with Gasteiger partial charge in [-0.1, -0.05) is 6.07 Å². The summed E-state index contributed by atoms with van der Waals surface area (Å²) in [6, 6.07) is 5.80. The topological polar surface area (TPSA) is 67.4 Å². The van der Waals surface area contributed by atoms with Crippen LogP contribution in [0, 0.1) is 19.3 Å². The Morgan fingerprint density at radius 3 is 2.23 bits per heavy atom. The molecule has 1 rings (SSSR count). The van der Waals surface area contributed by atoms with Crippen molar-refractivity contribution < 1.29 is 14.3 Å². The van der Waals surface area contributed by atoms with Crippen LogP contribution in [0.5, 0.6) is 0 Å². The second-order valence-electron chi connectivity index (χ2n) is 6.06. The van der Waals surface area contributed by atoms with Crippen molar-refractivity contribution in [3.05, 3.63) is 29.3 Å². The number of ether oxygens (including phenoxy) is 1. The second kappa shape index (κ2) is 7.94. The number of nitrogens with one attached hydrogen (secondary N) is 2. The van der Waals surface area contributed by atoms with E-state index in [4.69, 9.17) is 4.74 Å². The molecule has 5 heteroatoms. The summed E-state index contributed by atoms with van der Waals surface area (Å²) in [4.78, 5) is 24.6. The SMILES string of the molecule is COCCCNC(=O)C(C)(C)C(=O)Nc1cc(C)cc(C)c1. The van der Waals surface area contributed by atoms with Crippen molar-refractivity contribution in [1.29, 1.82) is 0 Å². The van der Waals surface area contributed by atoms with E-state index in [-0.39, 0.29) is 11.8 Å². The third-order valence-corrected chi connectivity index (χ3v) is 3.43. The first-order valence-electron chi connectivity index (χ1n) is 7.44. The molecule has 22 heavy (non-hydrogen) atoms. The fourth-order valence-electron chi connectivity index (χ4n) is 2.08. The van der Waals surface area contributed by atoms with E-state index in [9.17, 15) is 9.59 Å². The molecule has 2 amide bonds. The lowest BCUT2D eigenvalue weighted by molar-refractivity contribution is -0.138. The largest absolute Gasteiger partial charge is 0.385 e. The highest BCUT2D eigenvalue weighted by Gasteiger charge is 2.35. The van der Waals surface area contributed by atoms with Gasteiger partial charge in [-0.15, -0.1) is 0 Å². The Hall–Kier alpha value is -1.88. The highest BCUT2D eigenvalue weighted by molar-refractivity contribution is 6.09. The number of aryl methyl sites for hydroxylation is 2. The van der Waals surface area contributed by atoms with Crippen LogP contribution in [0.2, 0.25) is 0 Å². The van der Waals surface area contributed by atoms with E-state index >= 15 is 0 Å². The van der Waals surface area contributed by atoms with E-state index in [1.54, 1.807) is 21.0 Å². The number of hydrogen-bond donors (Lipinski definition) is 2. The lowest BCUT2D eigenvalue weighted by Crippen LogP contribution is -2.45. The Kier molecular flexibility index (Phi) is 6.56. The summed E-state index contributed by atoms with van der Waals surface area (Å²) in [5, 5.41) is 5.59. The van der Waals surface area contributed by atoms with Crippen molar-refractivity contribution in [1.82, 2.24) is 5.32 Å². The maximum atomic E-state index is 12.4. The molecule has 0 atom stereocenters. The Bertz CT molecular complexity index is 518. The molecule has 0 fully saturated rings. The van der Waals surface area contributed by atoms with Crippen LogP contribution in [0.3, 0.4) is 0 Å². The van der Waals surface area contributed by atoms with Crippen molar-refractivity contribution in [2.75, 3.05) is 25.6 Å². The smallest absolute Gasteiger partial charge is 0.239 e. The average molecular weight is 306 g/mol. The molecule has 0 saturated heterocycles. The maximum absolute atomic E-state index is 12.4. The third kappa shape index (κ3) is 5.15. The molecule has 0 bridgehead atoms.